The Kier molecular flexibility index (Phi) is 6.05. The predicted molar refractivity (Wildman–Crippen MR) is 98.6 cm³/mol. The number of anilines is 1. The second kappa shape index (κ2) is 7.86. The molecule has 0 aromatic heterocycles. The van der Waals surface area contributed by atoms with Gasteiger partial charge in [-0.05, 0) is 48.4 Å². The van der Waals surface area contributed by atoms with E-state index in [1.54, 1.807) is 31.2 Å². The maximum Gasteiger partial charge on any atom is 0.240 e. The van der Waals surface area contributed by atoms with Gasteiger partial charge in [-0.15, -0.1) is 0 Å². The molecular formula is C18H24N2O4S. The van der Waals surface area contributed by atoms with Gasteiger partial charge in [0.15, 0.2) is 0 Å². The third kappa shape index (κ3) is 4.72. The lowest BCUT2D eigenvalue weighted by Gasteiger charge is -2.16. The zero-order valence-corrected chi connectivity index (χ0v) is 15.7. The summed E-state index contributed by atoms with van der Waals surface area (Å²) < 4.78 is 32.4. The highest BCUT2D eigenvalue weighted by molar-refractivity contribution is 7.89. The normalized spacial score (nSPS) is 12.7. The van der Waals surface area contributed by atoms with E-state index < -0.39 is 16.1 Å². The summed E-state index contributed by atoms with van der Waals surface area (Å²) in [6, 6.07) is 11.9. The van der Waals surface area contributed by atoms with Crippen LogP contribution in [-0.4, -0.2) is 41.3 Å². The lowest BCUT2D eigenvalue weighted by Crippen LogP contribution is -2.28. The van der Waals surface area contributed by atoms with Crippen LogP contribution in [0.25, 0.3) is 0 Å². The van der Waals surface area contributed by atoms with Crippen molar-refractivity contribution < 1.29 is 18.3 Å². The van der Waals surface area contributed by atoms with Crippen LogP contribution >= 0.6 is 0 Å². The Bertz CT molecular complexity index is 817. The summed E-state index contributed by atoms with van der Waals surface area (Å²) in [5.74, 6) is 0.625. The fraction of sp³-hybridized carbons (Fsp3) is 0.333. The second-order valence-corrected chi connectivity index (χ2v) is 7.75. The number of nitrogens with zero attached hydrogens (tertiary/aromatic N) is 1. The molecule has 6 nitrogen and oxygen atoms in total. The molecule has 0 amide bonds. The molecule has 136 valence electrons. The van der Waals surface area contributed by atoms with E-state index in [0.717, 1.165) is 11.3 Å². The number of rotatable bonds is 7. The van der Waals surface area contributed by atoms with E-state index in [9.17, 15) is 13.5 Å². The summed E-state index contributed by atoms with van der Waals surface area (Å²) in [5, 5.41) is 10.2. The molecule has 0 aliphatic heterocycles. The molecule has 0 aliphatic carbocycles. The first-order valence-electron chi connectivity index (χ1n) is 7.84. The van der Waals surface area contributed by atoms with Gasteiger partial charge >= 0.3 is 0 Å². The van der Waals surface area contributed by atoms with Gasteiger partial charge in [0, 0.05) is 26.3 Å². The third-order valence-electron chi connectivity index (χ3n) is 3.94. The Hall–Kier alpha value is -2.09. The monoisotopic (exact) mass is 364 g/mol. The minimum atomic E-state index is -3.71. The average Bonchev–Trinajstić information content (AvgIpc) is 2.59. The fourth-order valence-electron chi connectivity index (χ4n) is 2.40. The van der Waals surface area contributed by atoms with Gasteiger partial charge in [-0.1, -0.05) is 12.1 Å². The highest BCUT2D eigenvalue weighted by atomic mass is 32.2. The maximum atomic E-state index is 12.4. The van der Waals surface area contributed by atoms with Crippen LogP contribution in [0, 0.1) is 6.92 Å². The minimum absolute atomic E-state index is 0.102. The SMILES string of the molecule is COc1ccc(S(=O)(=O)NCC(O)c2ccc(N(C)C)cc2)cc1C. The maximum absolute atomic E-state index is 12.4. The number of aliphatic hydroxyl groups is 1. The molecule has 2 rings (SSSR count). The molecule has 0 saturated heterocycles. The summed E-state index contributed by atoms with van der Waals surface area (Å²) in [4.78, 5) is 2.09. The van der Waals surface area contributed by atoms with Gasteiger partial charge in [-0.25, -0.2) is 13.1 Å². The van der Waals surface area contributed by atoms with Crippen molar-refractivity contribution in [1.29, 1.82) is 0 Å². The van der Waals surface area contributed by atoms with Gasteiger partial charge in [0.05, 0.1) is 18.1 Å². The molecule has 0 fully saturated rings. The van der Waals surface area contributed by atoms with Crippen molar-refractivity contribution in [3.8, 4) is 5.75 Å². The molecule has 0 saturated carbocycles. The van der Waals surface area contributed by atoms with Crippen LogP contribution in [0.15, 0.2) is 47.4 Å². The van der Waals surface area contributed by atoms with Crippen molar-refractivity contribution in [3.05, 3.63) is 53.6 Å². The number of hydrogen-bond acceptors (Lipinski definition) is 5. The number of aryl methyl sites for hydroxylation is 1. The predicted octanol–water partition coefficient (Wildman–Crippen LogP) is 2.08. The standard InChI is InChI=1S/C18H24N2O4S/c1-13-11-16(9-10-18(13)24-4)25(22,23)19-12-17(21)14-5-7-15(8-6-14)20(2)3/h5-11,17,19,21H,12H2,1-4H3. The van der Waals surface area contributed by atoms with E-state index in [2.05, 4.69) is 4.72 Å². The van der Waals surface area contributed by atoms with Crippen LogP contribution in [0.4, 0.5) is 5.69 Å². The molecule has 2 N–H and O–H groups in total. The first kappa shape index (κ1) is 19.2. The number of methoxy groups -OCH3 is 1. The average molecular weight is 364 g/mol. The number of nitrogens with one attached hydrogen (secondary N) is 1. The van der Waals surface area contributed by atoms with Gasteiger partial charge < -0.3 is 14.7 Å². The van der Waals surface area contributed by atoms with E-state index in [1.807, 2.05) is 31.1 Å². The first-order chi connectivity index (χ1) is 11.7. The highest BCUT2D eigenvalue weighted by Crippen LogP contribution is 2.22. The summed E-state index contributed by atoms with van der Waals surface area (Å²) in [6.07, 6.45) is -0.926. The second-order valence-electron chi connectivity index (χ2n) is 5.99. The van der Waals surface area contributed by atoms with Crippen LogP contribution < -0.4 is 14.4 Å². The van der Waals surface area contributed by atoms with Crippen LogP contribution in [-0.2, 0) is 10.0 Å². The zero-order chi connectivity index (χ0) is 18.6. The number of aliphatic hydroxyl groups excluding tert-OH is 1. The molecule has 0 heterocycles. The fourth-order valence-corrected chi connectivity index (χ4v) is 3.53. The molecule has 25 heavy (non-hydrogen) atoms. The Morgan fingerprint density at radius 3 is 2.32 bits per heavy atom. The number of benzene rings is 2. The largest absolute Gasteiger partial charge is 0.496 e. The minimum Gasteiger partial charge on any atom is -0.496 e. The van der Waals surface area contributed by atoms with Gasteiger partial charge in [-0.2, -0.15) is 0 Å². The molecule has 1 unspecified atom stereocenters. The molecular weight excluding hydrogens is 340 g/mol. The van der Waals surface area contributed by atoms with Crippen molar-refractivity contribution in [1.82, 2.24) is 4.72 Å². The Morgan fingerprint density at radius 1 is 1.16 bits per heavy atom. The summed E-state index contributed by atoms with van der Waals surface area (Å²) in [5.41, 5.74) is 2.38. The molecule has 0 radical (unpaired) electrons. The molecule has 0 aliphatic rings. The molecule has 2 aromatic rings. The van der Waals surface area contributed by atoms with E-state index in [4.69, 9.17) is 4.74 Å². The van der Waals surface area contributed by atoms with Gasteiger partial charge in [-0.3, -0.25) is 0 Å². The van der Waals surface area contributed by atoms with Crippen molar-refractivity contribution in [2.45, 2.75) is 17.9 Å². The lowest BCUT2D eigenvalue weighted by atomic mass is 10.1. The Labute approximate surface area is 149 Å². The molecule has 1 atom stereocenters. The van der Waals surface area contributed by atoms with E-state index >= 15 is 0 Å². The molecule has 0 spiro atoms. The molecule has 7 heteroatoms. The summed E-state index contributed by atoms with van der Waals surface area (Å²) in [7, 11) is 1.68. The van der Waals surface area contributed by atoms with Crippen LogP contribution in [0.2, 0.25) is 0 Å². The number of hydrogen-bond donors (Lipinski definition) is 2. The van der Waals surface area contributed by atoms with E-state index in [1.165, 1.54) is 13.2 Å². The van der Waals surface area contributed by atoms with Gasteiger partial charge in [0.2, 0.25) is 10.0 Å². The van der Waals surface area contributed by atoms with Crippen molar-refractivity contribution >= 4 is 15.7 Å². The smallest absolute Gasteiger partial charge is 0.240 e. The Balaban J connectivity index is 2.07. The van der Waals surface area contributed by atoms with Crippen LogP contribution in [0.1, 0.15) is 17.2 Å². The van der Waals surface area contributed by atoms with Crippen molar-refractivity contribution in [2.75, 3.05) is 32.6 Å². The summed E-state index contributed by atoms with van der Waals surface area (Å²) >= 11 is 0. The van der Waals surface area contributed by atoms with Crippen molar-refractivity contribution in [2.24, 2.45) is 0 Å². The molecule has 2 aromatic carbocycles. The topological polar surface area (TPSA) is 78.9 Å². The number of sulfonamides is 1. The Morgan fingerprint density at radius 2 is 1.80 bits per heavy atom. The van der Waals surface area contributed by atoms with Gasteiger partial charge in [0.1, 0.15) is 5.75 Å². The van der Waals surface area contributed by atoms with Crippen molar-refractivity contribution in [3.63, 3.8) is 0 Å². The number of ether oxygens (including phenoxy) is 1. The molecule has 0 bridgehead atoms. The van der Waals surface area contributed by atoms with Crippen LogP contribution in [0.3, 0.4) is 0 Å². The quantitative estimate of drug-likeness (QED) is 0.786. The zero-order valence-electron chi connectivity index (χ0n) is 14.9. The highest BCUT2D eigenvalue weighted by Gasteiger charge is 2.18. The van der Waals surface area contributed by atoms with E-state index in [0.29, 0.717) is 11.3 Å². The van der Waals surface area contributed by atoms with E-state index in [-0.39, 0.29) is 11.4 Å². The lowest BCUT2D eigenvalue weighted by molar-refractivity contribution is 0.182. The van der Waals surface area contributed by atoms with Crippen LogP contribution in [0.5, 0.6) is 5.75 Å². The first-order valence-corrected chi connectivity index (χ1v) is 9.32. The summed E-state index contributed by atoms with van der Waals surface area (Å²) in [6.45, 7) is 1.67. The third-order valence-corrected chi connectivity index (χ3v) is 5.36. The van der Waals surface area contributed by atoms with Gasteiger partial charge in [0.25, 0.3) is 0 Å².